The number of hydrogen-bond donors (Lipinski definition) is 15. The van der Waals surface area contributed by atoms with Crippen LogP contribution in [0.15, 0.2) is 0 Å². The minimum atomic E-state index is -2.04. The molecule has 9 amide bonds. The summed E-state index contributed by atoms with van der Waals surface area (Å²) >= 11 is 1.14. The number of nitrogens with zero attached hydrogens (tertiary/aromatic N) is 2. The van der Waals surface area contributed by atoms with Crippen molar-refractivity contribution >= 4 is 153 Å². The first-order valence-electron chi connectivity index (χ1n) is 40.2. The largest absolute Gasteiger partial charge is 0.481 e. The molecule has 0 aliphatic carbocycles. The van der Waals surface area contributed by atoms with E-state index < -0.39 is 374 Å². The number of hydrogen-bond acceptors (Lipinski definition) is 28. The third kappa shape index (κ3) is 44.0. The van der Waals surface area contributed by atoms with Crippen molar-refractivity contribution in [3.63, 3.8) is 0 Å². The van der Waals surface area contributed by atoms with Crippen LogP contribution in [0.3, 0.4) is 0 Å². The molecule has 0 aromatic heterocycles. The van der Waals surface area contributed by atoms with Gasteiger partial charge in [0.05, 0.1) is 61.3 Å². The Labute approximate surface area is 710 Å². The summed E-state index contributed by atoms with van der Waals surface area (Å²) in [7, 11) is 1.48. The Morgan fingerprint density at radius 2 is 0.780 bits per heavy atom. The summed E-state index contributed by atoms with van der Waals surface area (Å²) in [5, 5.41) is 100. The molecule has 0 radical (unpaired) electrons. The van der Waals surface area contributed by atoms with Gasteiger partial charge < -0.3 is 97.0 Å². The Balaban J connectivity index is 2.48. The number of carbonyl (C=O) groups is 24. The molecule has 0 spiro atoms. The summed E-state index contributed by atoms with van der Waals surface area (Å²) in [6, 6.07) is -11.0. The van der Waals surface area contributed by atoms with Gasteiger partial charge in [0.25, 0.3) is 0 Å². The van der Waals surface area contributed by atoms with Gasteiger partial charge in [-0.3, -0.25) is 120 Å². The minimum Gasteiger partial charge on any atom is -0.481 e. The van der Waals surface area contributed by atoms with Crippen molar-refractivity contribution in [1.29, 1.82) is 0 Å². The summed E-state index contributed by atoms with van der Waals surface area (Å²) in [4.78, 5) is 316. The van der Waals surface area contributed by atoms with Gasteiger partial charge >= 0.3 is 53.7 Å². The van der Waals surface area contributed by atoms with Crippen molar-refractivity contribution in [2.45, 2.75) is 255 Å². The molecule has 2 fully saturated rings. The van der Waals surface area contributed by atoms with E-state index in [0.29, 0.717) is 31.6 Å². The molecule has 2 rings (SSSR count). The lowest BCUT2D eigenvalue weighted by molar-refractivity contribution is -0.142. The Morgan fingerprint density at radius 1 is 0.423 bits per heavy atom. The van der Waals surface area contributed by atoms with Crippen molar-refractivity contribution < 1.29 is 175 Å². The van der Waals surface area contributed by atoms with E-state index in [1.165, 1.54) is 18.9 Å². The zero-order chi connectivity index (χ0) is 92.8. The number of amides is 9. The predicted octanol–water partition coefficient (Wildman–Crippen LogP) is -0.114. The van der Waals surface area contributed by atoms with E-state index in [0.717, 1.165) is 16.7 Å². The zero-order valence-corrected chi connectivity index (χ0v) is 69.8. The average Bonchev–Trinajstić information content (AvgIpc) is 1.52. The van der Waals surface area contributed by atoms with Crippen LogP contribution in [0.25, 0.3) is 0 Å². The fraction of sp³-hybridized carbons (Fsp3) is 0.692. The monoisotopic (exact) mass is 1770 g/mol. The Morgan fingerprint density at radius 3 is 1.13 bits per heavy atom. The third-order valence-corrected chi connectivity index (χ3v) is 21.1. The van der Waals surface area contributed by atoms with Gasteiger partial charge in [0, 0.05) is 159 Å². The molecular formula is C78H114N8O36S. The van der Waals surface area contributed by atoms with Crippen molar-refractivity contribution in [2.75, 3.05) is 59.0 Å². The van der Waals surface area contributed by atoms with Crippen LogP contribution in [-0.4, -0.2) is 304 Å². The van der Waals surface area contributed by atoms with E-state index in [2.05, 4.69) is 31.9 Å². The van der Waals surface area contributed by atoms with Crippen LogP contribution in [0, 0.1) is 29.6 Å². The van der Waals surface area contributed by atoms with Crippen LogP contribution < -0.4 is 31.9 Å². The number of imide groups is 1. The van der Waals surface area contributed by atoms with Gasteiger partial charge in [-0.1, -0.05) is 13.8 Å². The summed E-state index contributed by atoms with van der Waals surface area (Å²) in [5.41, 5.74) is 0. The Bertz CT molecular complexity index is 3780. The lowest BCUT2D eigenvalue weighted by Gasteiger charge is -2.26. The molecule has 2 heterocycles. The highest BCUT2D eigenvalue weighted by molar-refractivity contribution is 8.00. The first-order valence-corrected chi connectivity index (χ1v) is 41.2. The van der Waals surface area contributed by atoms with Crippen LogP contribution in [-0.2, 0) is 129 Å². The molecule has 45 heteroatoms. The van der Waals surface area contributed by atoms with Crippen LogP contribution in [0.5, 0.6) is 0 Å². The summed E-state index contributed by atoms with van der Waals surface area (Å²) < 4.78 is 15.8. The summed E-state index contributed by atoms with van der Waals surface area (Å²) in [5.74, 6) is -35.3. The number of carboxylic acids is 9. The number of ether oxygens (including phenoxy) is 3. The topological polar surface area (TPSA) is 698 Å². The van der Waals surface area contributed by atoms with Crippen LogP contribution in [0.2, 0.25) is 0 Å². The van der Waals surface area contributed by atoms with Crippen molar-refractivity contribution in [1.82, 2.24) is 41.7 Å². The van der Waals surface area contributed by atoms with Gasteiger partial charge in [-0.15, -0.1) is 11.8 Å². The zero-order valence-electron chi connectivity index (χ0n) is 69.0. The number of aliphatic carboxylic acids is 9. The normalized spacial score (nSPS) is 16.2. The molecule has 15 N–H and O–H groups in total. The van der Waals surface area contributed by atoms with E-state index in [9.17, 15) is 161 Å². The maximum absolute atomic E-state index is 14.5. The number of likely N-dealkylation sites (tertiary alicyclic amines) is 2. The number of carboxylic acid groups (broad SMARTS) is 9. The second-order valence-corrected chi connectivity index (χ2v) is 31.5. The van der Waals surface area contributed by atoms with Crippen molar-refractivity contribution in [2.24, 2.45) is 29.6 Å². The SMILES string of the molecule is COCCOCCSC1CC(=O)N(CCC(=O)N[C@H](CCC(=O)O)C(=O)C[C@H](CCC(=O)O)C(=O)N[C@H](CCC(=O)O)C(=O)C[C@H](CCC(=O)O)C(=O)N[C@H](CCC(=O)O)C(=O)C[C@H](CCC(=O)O)C(=O)N[C@H](CCC(=O)O)C(=O)C[C@H](CCC(=O)O)C(=O)N[C@H](CCC(=O)O)C(=O)CCCOCC(=O)N2CCC[C@H]2C(=O)N[C@@H](CC(C)C)C(C)=O)C1=O. The molecule has 1 unspecified atom stereocenters. The molecule has 0 bridgehead atoms. The molecular weight excluding hydrogens is 1660 g/mol. The van der Waals surface area contributed by atoms with Gasteiger partial charge in [0.15, 0.2) is 34.7 Å². The summed E-state index contributed by atoms with van der Waals surface area (Å²) in [6.07, 6.45) is -19.1. The highest BCUT2D eigenvalue weighted by Crippen LogP contribution is 2.28. The van der Waals surface area contributed by atoms with Crippen LogP contribution in [0.1, 0.15) is 207 Å². The molecule has 2 aliphatic heterocycles. The standard InChI is InChI=1S/C78H114N8O36S/c1-42(2)35-53(43(3)87)84-77(118)54-7-5-28-85(54)63(95)41-122-30-6-8-55(88)48(13-22-68(104)105)80-73(114)45(10-19-65(98)99)37-57(90)50(15-24-70(108)109)82-75(116)47(12-21-67(102)103)39-59(92)52(17-26-72(112)113)83-76(117)46(11-20-66(100)101)38-58(91)51(16-25-71(110)111)81-74(115)44(9-18-64(96)97)36-56(89)49(14-23-69(106)107)79-61(93)27-29-86-62(94)40-60(78(86)119)123-34-33-121-32-31-120-4/h42,44-54,60H,5-41H2,1-4H3,(H,79,93)(H,80,114)(H,81,115)(H,82,116)(H,83,117)(H,84,118)(H,96,97)(H,98,99)(H,100,101)(H,102,103)(H,104,105)(H,106,107)(H,108,109)(H,110,111)(H,112,113)/t44-,45-,46-,47-,48+,49+,50+,51+,52+,53-,54-,60?/m0/s1. The van der Waals surface area contributed by atoms with Gasteiger partial charge in [0.1, 0.15) is 12.6 Å². The van der Waals surface area contributed by atoms with E-state index in [1.807, 2.05) is 13.8 Å². The predicted molar refractivity (Wildman–Crippen MR) is 421 cm³/mol. The maximum Gasteiger partial charge on any atom is 0.303 e. The first kappa shape index (κ1) is 108. The Hall–Kier alpha value is -11.1. The quantitative estimate of drug-likeness (QED) is 0.0279. The van der Waals surface area contributed by atoms with E-state index in [1.54, 1.807) is 0 Å². The number of Topliss-reactive ketones (excluding diaryl/α,β-unsaturated/α-hetero) is 6. The van der Waals surface area contributed by atoms with Gasteiger partial charge in [0.2, 0.25) is 53.2 Å². The lowest BCUT2D eigenvalue weighted by atomic mass is 9.88. The second-order valence-electron chi connectivity index (χ2n) is 30.2. The molecule has 123 heavy (non-hydrogen) atoms. The fourth-order valence-electron chi connectivity index (χ4n) is 13.3. The first-order chi connectivity index (χ1) is 57.8. The second kappa shape index (κ2) is 57.3. The van der Waals surface area contributed by atoms with E-state index in [-0.39, 0.29) is 50.9 Å². The highest BCUT2D eigenvalue weighted by atomic mass is 32.2. The fourth-order valence-corrected chi connectivity index (χ4v) is 14.3. The smallest absolute Gasteiger partial charge is 0.303 e. The summed E-state index contributed by atoms with van der Waals surface area (Å²) in [6.45, 7) is 4.83. The number of ketones is 6. The van der Waals surface area contributed by atoms with Crippen molar-refractivity contribution in [3.8, 4) is 0 Å². The molecule has 0 saturated carbocycles. The van der Waals surface area contributed by atoms with E-state index in [4.69, 9.17) is 14.2 Å². The van der Waals surface area contributed by atoms with E-state index >= 15 is 0 Å². The van der Waals surface area contributed by atoms with Crippen molar-refractivity contribution in [3.05, 3.63) is 0 Å². The number of thioether (sulfide) groups is 1. The molecule has 2 aliphatic rings. The molecule has 2 saturated heterocycles. The Kier molecular flexibility index (Phi) is 50.3. The van der Waals surface area contributed by atoms with Gasteiger partial charge in [-0.25, -0.2) is 0 Å². The number of nitrogens with one attached hydrogen (secondary N) is 6. The number of methoxy groups -OCH3 is 1. The van der Waals surface area contributed by atoms with Gasteiger partial charge in [-0.05, 0) is 96.3 Å². The molecule has 12 atom stereocenters. The maximum atomic E-state index is 14.5. The minimum absolute atomic E-state index is 0.0659. The lowest BCUT2D eigenvalue weighted by Crippen LogP contribution is -2.51. The number of rotatable bonds is 70. The van der Waals surface area contributed by atoms with Crippen LogP contribution >= 0.6 is 11.8 Å². The number of carbonyl (C=O) groups excluding carboxylic acids is 15. The van der Waals surface area contributed by atoms with Gasteiger partial charge in [-0.2, -0.15) is 0 Å². The molecule has 44 nitrogen and oxygen atoms in total. The molecule has 0 aromatic rings. The molecule has 0 aromatic carbocycles. The third-order valence-electron chi connectivity index (χ3n) is 20.0. The average molecular weight is 1770 g/mol. The molecule has 688 valence electrons. The highest BCUT2D eigenvalue weighted by Gasteiger charge is 2.42. The van der Waals surface area contributed by atoms with Crippen LogP contribution in [0.4, 0.5) is 0 Å².